The zero-order valence-electron chi connectivity index (χ0n) is 12.6. The van der Waals surface area contributed by atoms with Crippen LogP contribution in [0.4, 0.5) is 5.69 Å². The van der Waals surface area contributed by atoms with Crippen LogP contribution in [0.5, 0.6) is 0 Å². The van der Waals surface area contributed by atoms with Gasteiger partial charge in [0.25, 0.3) is 0 Å². The fourth-order valence-electron chi connectivity index (χ4n) is 2.60. The summed E-state index contributed by atoms with van der Waals surface area (Å²) in [6.45, 7) is 4.28. The molecule has 0 aliphatic carbocycles. The van der Waals surface area contributed by atoms with Gasteiger partial charge in [-0.2, -0.15) is 11.8 Å². The van der Waals surface area contributed by atoms with Gasteiger partial charge in [-0.15, -0.1) is 0 Å². The number of benzene rings is 2. The summed E-state index contributed by atoms with van der Waals surface area (Å²) >= 11 is 7.97. The first-order valence-electron chi connectivity index (χ1n) is 7.67. The minimum absolute atomic E-state index is 0.783. The Morgan fingerprint density at radius 3 is 2.55 bits per heavy atom. The van der Waals surface area contributed by atoms with Crippen molar-refractivity contribution in [1.82, 2.24) is 4.90 Å². The molecule has 4 heteroatoms. The van der Waals surface area contributed by atoms with Crippen molar-refractivity contribution in [2.75, 3.05) is 29.9 Å². The van der Waals surface area contributed by atoms with E-state index in [9.17, 15) is 0 Å². The van der Waals surface area contributed by atoms with E-state index in [2.05, 4.69) is 58.4 Å². The number of nitrogens with one attached hydrogen (secondary N) is 1. The lowest BCUT2D eigenvalue weighted by Crippen LogP contribution is -2.31. The second-order valence-electron chi connectivity index (χ2n) is 5.57. The SMILES string of the molecule is Clc1ccc(CNc2cccc(CN3CCSCC3)c2)cc1. The number of nitrogens with zero attached hydrogens (tertiary/aromatic N) is 1. The maximum absolute atomic E-state index is 5.92. The summed E-state index contributed by atoms with van der Waals surface area (Å²) < 4.78 is 0. The number of rotatable bonds is 5. The van der Waals surface area contributed by atoms with Crippen molar-refractivity contribution in [3.05, 3.63) is 64.7 Å². The zero-order valence-corrected chi connectivity index (χ0v) is 14.2. The van der Waals surface area contributed by atoms with Crippen molar-refractivity contribution in [2.24, 2.45) is 0 Å². The Morgan fingerprint density at radius 2 is 1.77 bits per heavy atom. The van der Waals surface area contributed by atoms with Gasteiger partial charge in [-0.05, 0) is 35.4 Å². The standard InChI is InChI=1S/C18H21ClN2S/c19-17-6-4-15(5-7-17)13-20-18-3-1-2-16(12-18)14-21-8-10-22-11-9-21/h1-7,12,20H,8-11,13-14H2. The van der Waals surface area contributed by atoms with Crippen LogP contribution in [-0.2, 0) is 13.1 Å². The molecule has 2 nitrogen and oxygen atoms in total. The molecule has 3 rings (SSSR count). The molecule has 1 saturated heterocycles. The van der Waals surface area contributed by atoms with E-state index < -0.39 is 0 Å². The summed E-state index contributed by atoms with van der Waals surface area (Å²) in [5.41, 5.74) is 3.80. The first kappa shape index (κ1) is 15.7. The molecule has 0 atom stereocenters. The molecule has 0 aromatic heterocycles. The lowest BCUT2D eigenvalue weighted by atomic mass is 10.1. The summed E-state index contributed by atoms with van der Waals surface area (Å²) in [4.78, 5) is 2.54. The van der Waals surface area contributed by atoms with Gasteiger partial charge >= 0.3 is 0 Å². The van der Waals surface area contributed by atoms with Crippen molar-refractivity contribution < 1.29 is 0 Å². The largest absolute Gasteiger partial charge is 0.381 e. The van der Waals surface area contributed by atoms with Crippen LogP contribution in [0.2, 0.25) is 5.02 Å². The minimum atomic E-state index is 0.783. The van der Waals surface area contributed by atoms with E-state index in [1.807, 2.05) is 12.1 Å². The highest BCUT2D eigenvalue weighted by atomic mass is 35.5. The molecule has 0 amide bonds. The highest BCUT2D eigenvalue weighted by Crippen LogP contribution is 2.17. The predicted molar refractivity (Wildman–Crippen MR) is 97.8 cm³/mol. The molecule has 1 aliphatic heterocycles. The lowest BCUT2D eigenvalue weighted by molar-refractivity contribution is 0.294. The van der Waals surface area contributed by atoms with Crippen molar-refractivity contribution in [1.29, 1.82) is 0 Å². The Labute approximate surface area is 141 Å². The van der Waals surface area contributed by atoms with Gasteiger partial charge in [0, 0.05) is 48.4 Å². The Kier molecular flexibility index (Phi) is 5.65. The molecule has 2 aromatic rings. The Bertz CT molecular complexity index is 594. The number of hydrogen-bond acceptors (Lipinski definition) is 3. The predicted octanol–water partition coefficient (Wildman–Crippen LogP) is 4.50. The molecule has 0 saturated carbocycles. The molecule has 0 unspecified atom stereocenters. The molecule has 22 heavy (non-hydrogen) atoms. The van der Waals surface area contributed by atoms with Crippen LogP contribution < -0.4 is 5.32 Å². The van der Waals surface area contributed by atoms with Crippen molar-refractivity contribution in [2.45, 2.75) is 13.1 Å². The second kappa shape index (κ2) is 7.91. The highest BCUT2D eigenvalue weighted by molar-refractivity contribution is 7.99. The summed E-state index contributed by atoms with van der Waals surface area (Å²) in [7, 11) is 0. The molecule has 1 fully saturated rings. The van der Waals surface area contributed by atoms with Crippen LogP contribution >= 0.6 is 23.4 Å². The molecular formula is C18H21ClN2S. The smallest absolute Gasteiger partial charge is 0.0406 e. The van der Waals surface area contributed by atoms with Crippen LogP contribution in [0.1, 0.15) is 11.1 Å². The first-order chi connectivity index (χ1) is 10.8. The average molecular weight is 333 g/mol. The van der Waals surface area contributed by atoms with E-state index in [1.54, 1.807) is 0 Å². The van der Waals surface area contributed by atoms with Gasteiger partial charge in [0.2, 0.25) is 0 Å². The number of anilines is 1. The molecule has 1 aliphatic rings. The van der Waals surface area contributed by atoms with Gasteiger partial charge in [-0.3, -0.25) is 4.90 Å². The fraction of sp³-hybridized carbons (Fsp3) is 0.333. The van der Waals surface area contributed by atoms with Gasteiger partial charge in [0.1, 0.15) is 0 Å². The third-order valence-electron chi connectivity index (χ3n) is 3.85. The van der Waals surface area contributed by atoms with Gasteiger partial charge < -0.3 is 5.32 Å². The van der Waals surface area contributed by atoms with E-state index in [0.29, 0.717) is 0 Å². The van der Waals surface area contributed by atoms with Crippen LogP contribution in [-0.4, -0.2) is 29.5 Å². The number of hydrogen-bond donors (Lipinski definition) is 1. The average Bonchev–Trinajstić information content (AvgIpc) is 2.56. The van der Waals surface area contributed by atoms with Gasteiger partial charge in [-0.25, -0.2) is 0 Å². The maximum Gasteiger partial charge on any atom is 0.0406 e. The molecule has 116 valence electrons. The van der Waals surface area contributed by atoms with E-state index >= 15 is 0 Å². The Morgan fingerprint density at radius 1 is 1.00 bits per heavy atom. The normalized spacial score (nSPS) is 15.7. The second-order valence-corrected chi connectivity index (χ2v) is 7.23. The quantitative estimate of drug-likeness (QED) is 0.867. The molecule has 2 aromatic carbocycles. The molecule has 0 spiro atoms. The Balaban J connectivity index is 1.57. The summed E-state index contributed by atoms with van der Waals surface area (Å²) in [5, 5.41) is 4.28. The van der Waals surface area contributed by atoms with E-state index in [4.69, 9.17) is 11.6 Å². The summed E-state index contributed by atoms with van der Waals surface area (Å²) in [6.07, 6.45) is 0. The van der Waals surface area contributed by atoms with Gasteiger partial charge in [-0.1, -0.05) is 35.9 Å². The van der Waals surface area contributed by atoms with E-state index in [1.165, 1.54) is 41.4 Å². The lowest BCUT2D eigenvalue weighted by Gasteiger charge is -2.26. The van der Waals surface area contributed by atoms with Gasteiger partial charge in [0.15, 0.2) is 0 Å². The molecule has 1 N–H and O–H groups in total. The molecule has 0 radical (unpaired) electrons. The van der Waals surface area contributed by atoms with Crippen molar-refractivity contribution in [3.8, 4) is 0 Å². The van der Waals surface area contributed by atoms with E-state index in [-0.39, 0.29) is 0 Å². The maximum atomic E-state index is 5.92. The van der Waals surface area contributed by atoms with Gasteiger partial charge in [0.05, 0.1) is 0 Å². The highest BCUT2D eigenvalue weighted by Gasteiger charge is 2.10. The Hall–Kier alpha value is -1.16. The van der Waals surface area contributed by atoms with Crippen molar-refractivity contribution in [3.63, 3.8) is 0 Å². The van der Waals surface area contributed by atoms with Crippen LogP contribution in [0, 0.1) is 0 Å². The molecule has 1 heterocycles. The molecular weight excluding hydrogens is 312 g/mol. The third kappa shape index (κ3) is 4.67. The minimum Gasteiger partial charge on any atom is -0.381 e. The number of thioether (sulfide) groups is 1. The van der Waals surface area contributed by atoms with Crippen LogP contribution in [0.25, 0.3) is 0 Å². The zero-order chi connectivity index (χ0) is 15.2. The van der Waals surface area contributed by atoms with E-state index in [0.717, 1.165) is 18.1 Å². The van der Waals surface area contributed by atoms with Crippen LogP contribution in [0.15, 0.2) is 48.5 Å². The summed E-state index contributed by atoms with van der Waals surface area (Å²) in [6, 6.07) is 16.7. The topological polar surface area (TPSA) is 15.3 Å². The monoisotopic (exact) mass is 332 g/mol. The van der Waals surface area contributed by atoms with Crippen LogP contribution in [0.3, 0.4) is 0 Å². The summed E-state index contributed by atoms with van der Waals surface area (Å²) in [5.74, 6) is 2.52. The third-order valence-corrected chi connectivity index (χ3v) is 5.04. The first-order valence-corrected chi connectivity index (χ1v) is 9.20. The molecule has 0 bridgehead atoms. The van der Waals surface area contributed by atoms with Crippen molar-refractivity contribution >= 4 is 29.1 Å². The number of halogens is 1. The fourth-order valence-corrected chi connectivity index (χ4v) is 3.71.